The summed E-state index contributed by atoms with van der Waals surface area (Å²) in [6.07, 6.45) is 2.39. The van der Waals surface area contributed by atoms with E-state index in [0.717, 1.165) is 11.1 Å². The summed E-state index contributed by atoms with van der Waals surface area (Å²) in [5.41, 5.74) is 2.65. The average Bonchev–Trinajstić information content (AvgIpc) is 3.03. The van der Waals surface area contributed by atoms with Crippen molar-refractivity contribution in [1.29, 1.82) is 0 Å². The van der Waals surface area contributed by atoms with Gasteiger partial charge in [0, 0.05) is 17.6 Å². The first kappa shape index (κ1) is 13.8. The molecular weight excluding hydrogens is 270 g/mol. The Morgan fingerprint density at radius 1 is 1.14 bits per heavy atom. The van der Waals surface area contributed by atoms with Gasteiger partial charge in [-0.2, -0.15) is 0 Å². The summed E-state index contributed by atoms with van der Waals surface area (Å²) in [7, 11) is 0. The molecule has 3 rings (SSSR count). The molecule has 110 valence electrons. The molecule has 1 fully saturated rings. The Hall–Kier alpha value is -2.14. The third kappa shape index (κ3) is 2.34. The molecule has 5 heteroatoms. The second-order valence-corrected chi connectivity index (χ2v) is 5.63. The van der Waals surface area contributed by atoms with Crippen LogP contribution in [0.5, 0.6) is 0 Å². The Labute approximate surface area is 122 Å². The third-order valence-corrected chi connectivity index (χ3v) is 4.13. The number of amides is 1. The van der Waals surface area contributed by atoms with Gasteiger partial charge in [-0.25, -0.2) is 0 Å². The number of ether oxygens (including phenoxy) is 1. The number of anilines is 1. The van der Waals surface area contributed by atoms with Gasteiger partial charge in [0.1, 0.15) is 0 Å². The molecule has 0 saturated carbocycles. The van der Waals surface area contributed by atoms with E-state index in [2.05, 4.69) is 5.32 Å². The van der Waals surface area contributed by atoms with Crippen LogP contribution >= 0.6 is 0 Å². The Bertz CT molecular complexity index is 637. The highest BCUT2D eigenvalue weighted by Gasteiger charge is 2.50. The van der Waals surface area contributed by atoms with Gasteiger partial charge in [0.2, 0.25) is 5.91 Å². The third-order valence-electron chi connectivity index (χ3n) is 4.13. The van der Waals surface area contributed by atoms with E-state index >= 15 is 0 Å². The molecule has 2 aliphatic heterocycles. The Morgan fingerprint density at radius 3 is 2.48 bits per heavy atom. The van der Waals surface area contributed by atoms with Crippen LogP contribution < -0.4 is 10.4 Å². The highest BCUT2D eigenvalue weighted by molar-refractivity contribution is 5.97. The number of carboxylic acids is 1. The standard InChI is InChI=1S/C16H17NO4/c1-8-3-4-9(2)10(7-8)17-15(18)13-11-5-6-12(21-11)14(13)16(19)20/h3-7,11-14H,1-2H3,(H,17,18)(H,19,20)/p-1/t11-,12+,13+,14+/m1/s1. The molecule has 5 nitrogen and oxygen atoms in total. The van der Waals surface area contributed by atoms with Crippen molar-refractivity contribution in [2.24, 2.45) is 11.8 Å². The number of fused-ring (bicyclic) bond motifs is 2. The first-order chi connectivity index (χ1) is 9.97. The Morgan fingerprint density at radius 2 is 1.81 bits per heavy atom. The number of benzene rings is 1. The number of aliphatic carboxylic acids is 1. The van der Waals surface area contributed by atoms with E-state index in [1.165, 1.54) is 0 Å². The van der Waals surface area contributed by atoms with Gasteiger partial charge in [0.05, 0.1) is 18.1 Å². The molecule has 0 spiro atoms. The predicted molar refractivity (Wildman–Crippen MR) is 74.3 cm³/mol. The van der Waals surface area contributed by atoms with Gasteiger partial charge in [0.25, 0.3) is 0 Å². The van der Waals surface area contributed by atoms with E-state index in [1.807, 2.05) is 32.0 Å². The van der Waals surface area contributed by atoms with Crippen LogP contribution in [0.2, 0.25) is 0 Å². The lowest BCUT2D eigenvalue weighted by Gasteiger charge is -2.25. The molecule has 0 unspecified atom stereocenters. The van der Waals surface area contributed by atoms with Crippen molar-refractivity contribution in [3.05, 3.63) is 41.5 Å². The van der Waals surface area contributed by atoms with Gasteiger partial charge in [0.15, 0.2) is 0 Å². The number of rotatable bonds is 3. The lowest BCUT2D eigenvalue weighted by atomic mass is 9.82. The van der Waals surface area contributed by atoms with Crippen molar-refractivity contribution < 1.29 is 19.4 Å². The van der Waals surface area contributed by atoms with E-state index in [-0.39, 0.29) is 5.91 Å². The summed E-state index contributed by atoms with van der Waals surface area (Å²) in [4.78, 5) is 23.7. The second-order valence-electron chi connectivity index (χ2n) is 5.63. The Kier molecular flexibility index (Phi) is 3.29. The number of nitrogens with one attached hydrogen (secondary N) is 1. The van der Waals surface area contributed by atoms with Gasteiger partial charge in [-0.3, -0.25) is 4.79 Å². The van der Waals surface area contributed by atoms with E-state index in [1.54, 1.807) is 12.2 Å². The maximum atomic E-state index is 12.5. The summed E-state index contributed by atoms with van der Waals surface area (Å²) < 4.78 is 5.48. The van der Waals surface area contributed by atoms with Crippen LogP contribution in [0.3, 0.4) is 0 Å². The monoisotopic (exact) mass is 286 g/mol. The van der Waals surface area contributed by atoms with Crippen LogP contribution in [-0.4, -0.2) is 24.1 Å². The van der Waals surface area contributed by atoms with Crippen LogP contribution in [0, 0.1) is 25.7 Å². The van der Waals surface area contributed by atoms with Crippen LogP contribution in [0.1, 0.15) is 11.1 Å². The largest absolute Gasteiger partial charge is 0.550 e. The molecule has 1 saturated heterocycles. The molecule has 21 heavy (non-hydrogen) atoms. The fraction of sp³-hybridized carbons (Fsp3) is 0.375. The summed E-state index contributed by atoms with van der Waals surface area (Å²) in [5, 5.41) is 14.1. The average molecular weight is 286 g/mol. The molecule has 2 bridgehead atoms. The summed E-state index contributed by atoms with van der Waals surface area (Å²) >= 11 is 0. The number of carbonyl (C=O) groups excluding carboxylic acids is 2. The summed E-state index contributed by atoms with van der Waals surface area (Å²) in [5.74, 6) is -3.25. The summed E-state index contributed by atoms with van der Waals surface area (Å²) in [6, 6.07) is 5.74. The molecular formula is C16H16NO4-. The molecule has 2 heterocycles. The molecule has 0 aromatic heterocycles. The maximum absolute atomic E-state index is 12.5. The van der Waals surface area contributed by atoms with Crippen LogP contribution in [-0.2, 0) is 14.3 Å². The molecule has 1 amide bonds. The lowest BCUT2D eigenvalue weighted by molar-refractivity contribution is -0.313. The van der Waals surface area contributed by atoms with E-state index in [9.17, 15) is 14.7 Å². The van der Waals surface area contributed by atoms with Gasteiger partial charge in [-0.1, -0.05) is 24.3 Å². The summed E-state index contributed by atoms with van der Waals surface area (Å²) in [6.45, 7) is 3.82. The zero-order valence-electron chi connectivity index (χ0n) is 11.8. The highest BCUT2D eigenvalue weighted by Crippen LogP contribution is 2.39. The number of hydrogen-bond donors (Lipinski definition) is 1. The van der Waals surface area contributed by atoms with Crippen molar-refractivity contribution in [2.45, 2.75) is 26.1 Å². The lowest BCUT2D eigenvalue weighted by Crippen LogP contribution is -2.45. The fourth-order valence-electron chi connectivity index (χ4n) is 2.99. The van der Waals surface area contributed by atoms with Crippen molar-refractivity contribution >= 4 is 17.6 Å². The SMILES string of the molecule is Cc1ccc(C)c(NC(=O)[C@@H]2[C@@H](C(=O)[O-])[C@@H]3C=C[C@H]2O3)c1. The van der Waals surface area contributed by atoms with Crippen LogP contribution in [0.25, 0.3) is 0 Å². The number of carbonyl (C=O) groups is 2. The minimum Gasteiger partial charge on any atom is -0.550 e. The molecule has 4 atom stereocenters. The molecule has 2 aliphatic rings. The fourth-order valence-corrected chi connectivity index (χ4v) is 2.99. The van der Waals surface area contributed by atoms with Gasteiger partial charge in [-0.15, -0.1) is 0 Å². The second kappa shape index (κ2) is 5.00. The van der Waals surface area contributed by atoms with Crippen molar-refractivity contribution in [2.75, 3.05) is 5.32 Å². The van der Waals surface area contributed by atoms with Gasteiger partial charge >= 0.3 is 0 Å². The normalized spacial score (nSPS) is 29.6. The van der Waals surface area contributed by atoms with Crippen LogP contribution in [0.4, 0.5) is 5.69 Å². The number of hydrogen-bond acceptors (Lipinski definition) is 4. The highest BCUT2D eigenvalue weighted by atomic mass is 16.5. The number of carboxylic acid groups (broad SMARTS) is 1. The zero-order valence-corrected chi connectivity index (χ0v) is 11.8. The van der Waals surface area contributed by atoms with Crippen molar-refractivity contribution in [1.82, 2.24) is 0 Å². The van der Waals surface area contributed by atoms with Gasteiger partial charge < -0.3 is 20.0 Å². The van der Waals surface area contributed by atoms with Crippen molar-refractivity contribution in [3.8, 4) is 0 Å². The topological polar surface area (TPSA) is 78.5 Å². The quantitative estimate of drug-likeness (QED) is 0.824. The minimum atomic E-state index is -1.24. The number of aryl methyl sites for hydroxylation is 2. The zero-order chi connectivity index (χ0) is 15.1. The van der Waals surface area contributed by atoms with Gasteiger partial charge in [-0.05, 0) is 31.0 Å². The maximum Gasteiger partial charge on any atom is 0.231 e. The minimum absolute atomic E-state index is 0.338. The Balaban J connectivity index is 1.83. The molecule has 1 aromatic carbocycles. The molecule has 1 N–H and O–H groups in total. The first-order valence-electron chi connectivity index (χ1n) is 6.90. The molecule has 0 radical (unpaired) electrons. The van der Waals surface area contributed by atoms with Crippen LogP contribution in [0.15, 0.2) is 30.4 Å². The van der Waals surface area contributed by atoms with Crippen molar-refractivity contribution in [3.63, 3.8) is 0 Å². The predicted octanol–water partition coefficient (Wildman–Crippen LogP) is 0.561. The first-order valence-corrected chi connectivity index (χ1v) is 6.90. The van der Waals surface area contributed by atoms with E-state index in [4.69, 9.17) is 4.74 Å². The smallest absolute Gasteiger partial charge is 0.231 e. The van der Waals surface area contributed by atoms with E-state index in [0.29, 0.717) is 5.69 Å². The van der Waals surface area contributed by atoms with E-state index < -0.39 is 30.0 Å². The molecule has 0 aliphatic carbocycles. The molecule has 1 aromatic rings.